The number of unbranched alkanes of at least 4 members (excludes halogenated alkanes) is 20. The highest BCUT2D eigenvalue weighted by Crippen LogP contribution is 2.47. The average molecular weight is 1350 g/mol. The first-order valence-electron chi connectivity index (χ1n) is 27.8. The van der Waals surface area contributed by atoms with Crippen LogP contribution < -0.4 is 66.5 Å². The minimum Gasteiger partial charge on any atom is -0.743 e. The molecule has 78 heavy (non-hydrogen) atoms. The summed E-state index contributed by atoms with van der Waals surface area (Å²) in [5.41, 5.74) is 0. The molecule has 4 rings (SSSR count). The molecule has 0 heterocycles. The van der Waals surface area contributed by atoms with Crippen molar-refractivity contribution in [1.29, 1.82) is 0 Å². The normalized spacial score (nSPS) is 11.7. The molecule has 0 N–H and O–H groups in total. The molecule has 0 aliphatic heterocycles. The Bertz CT molecular complexity index is 2020. The highest BCUT2D eigenvalue weighted by Gasteiger charge is 2.75. The van der Waals surface area contributed by atoms with Gasteiger partial charge in [0.2, 0.25) is 0 Å². The third-order valence-electron chi connectivity index (χ3n) is 12.1. The lowest BCUT2D eigenvalue weighted by Gasteiger charge is -2.33. The molecule has 0 saturated heterocycles. The minimum atomic E-state index is -7.18. The number of halogens is 8. The molecule has 0 amide bonds. The van der Waals surface area contributed by atoms with E-state index in [0.717, 1.165) is 75.1 Å². The van der Waals surface area contributed by atoms with Gasteiger partial charge < -0.3 is 33.4 Å². The van der Waals surface area contributed by atoms with Crippen molar-refractivity contribution >= 4 is 16.1 Å². The molecule has 0 fully saturated rings. The van der Waals surface area contributed by atoms with E-state index in [1.54, 1.807) is 0 Å². The average Bonchev–Trinajstić information content (AvgIpc) is 3.62. The summed E-state index contributed by atoms with van der Waals surface area (Å²) >= 11 is -0.320. The summed E-state index contributed by atoms with van der Waals surface area (Å²) in [5.74, 6) is -13.4. The lowest BCUT2D eigenvalue weighted by molar-refractivity contribution is -0.597. The number of carbonyl (C=O) groups is 1. The van der Waals surface area contributed by atoms with Crippen LogP contribution in [0.5, 0.6) is 23.0 Å². The maximum Gasteiger partial charge on any atom is 0.402 e. The number of carboxylic acids is 1. The summed E-state index contributed by atoms with van der Waals surface area (Å²) in [7, 11) is -7.18. The Labute approximate surface area is 483 Å². The summed E-state index contributed by atoms with van der Waals surface area (Å²) in [6, 6.07) is 34.9. The number of carbonyl (C=O) groups excluding carboxylic acids is 1. The van der Waals surface area contributed by atoms with Crippen LogP contribution in [0.25, 0.3) is 0 Å². The van der Waals surface area contributed by atoms with Gasteiger partial charge in [-0.2, -0.15) is 26.3 Å². The Morgan fingerprint density at radius 2 is 0.603 bits per heavy atom. The van der Waals surface area contributed by atoms with Crippen LogP contribution in [0.4, 0.5) is 26.3 Å². The van der Waals surface area contributed by atoms with Crippen molar-refractivity contribution in [2.75, 3.05) is 26.4 Å². The van der Waals surface area contributed by atoms with Gasteiger partial charge in [0.1, 0.15) is 29.0 Å². The molecular formula is C60H84F6I2O9S. The molecular weight excluding hydrogens is 1260 g/mol. The van der Waals surface area contributed by atoms with E-state index in [1.807, 2.05) is 0 Å². The van der Waals surface area contributed by atoms with Crippen LogP contribution in [0.2, 0.25) is 0 Å². The lowest BCUT2D eigenvalue weighted by atomic mass is 10.1. The second kappa shape index (κ2) is 40.6. The van der Waals surface area contributed by atoms with E-state index < -0.39 is 33.2 Å². The van der Waals surface area contributed by atoms with Gasteiger partial charge in [-0.05, 0) is 123 Å². The fourth-order valence-corrected chi connectivity index (χ4v) is 12.1. The zero-order chi connectivity index (χ0) is 57.6. The van der Waals surface area contributed by atoms with E-state index in [0.29, 0.717) is 0 Å². The SMILES string of the molecule is CCCCCCCCOc1ccc([I+]c2ccc(OCCCCCCCC)cc2)cc1.CCCCCCCCOc1ccc([I+]c2ccc(OCCCCCCCC)cc2)cc1.O=C([O-])C(F)(F)C(F)(F)C(F)(F)S(=O)(=O)[O-]. The molecule has 0 aromatic heterocycles. The Balaban J connectivity index is 0.000000422. The smallest absolute Gasteiger partial charge is 0.402 e. The topological polar surface area (TPSA) is 134 Å². The molecule has 0 spiro atoms. The predicted molar refractivity (Wildman–Crippen MR) is 286 cm³/mol. The van der Waals surface area contributed by atoms with Crippen molar-refractivity contribution in [3.05, 3.63) is 111 Å². The predicted octanol–water partition coefficient (Wildman–Crippen LogP) is 9.73. The van der Waals surface area contributed by atoms with Gasteiger partial charge in [0.15, 0.2) is 24.4 Å². The van der Waals surface area contributed by atoms with Crippen molar-refractivity contribution in [1.82, 2.24) is 0 Å². The monoisotopic (exact) mass is 1350 g/mol. The minimum absolute atomic E-state index is 0.160. The molecule has 0 radical (unpaired) electrons. The zero-order valence-corrected chi connectivity index (χ0v) is 51.3. The highest BCUT2D eigenvalue weighted by atomic mass is 127. The Kier molecular flexibility index (Phi) is 36.8. The number of alkyl halides is 6. The van der Waals surface area contributed by atoms with E-state index in [4.69, 9.17) is 18.9 Å². The second-order valence-electron chi connectivity index (χ2n) is 18.9. The fraction of sp³-hybridized carbons (Fsp3) is 0.583. The summed E-state index contributed by atoms with van der Waals surface area (Å²) in [6.45, 7) is 12.4. The number of aliphatic carboxylic acids is 1. The summed E-state index contributed by atoms with van der Waals surface area (Å²) < 4.78 is 131. The number of hydrogen-bond acceptors (Lipinski definition) is 9. The van der Waals surface area contributed by atoms with E-state index in [2.05, 4.69) is 125 Å². The Morgan fingerprint density at radius 3 is 0.795 bits per heavy atom. The van der Waals surface area contributed by atoms with Gasteiger partial charge in [-0.15, -0.1) is 0 Å². The maximum absolute atomic E-state index is 12.2. The van der Waals surface area contributed by atoms with Gasteiger partial charge >= 0.3 is 59.5 Å². The van der Waals surface area contributed by atoms with Crippen LogP contribution >= 0.6 is 0 Å². The second-order valence-corrected chi connectivity index (χ2v) is 26.4. The first-order valence-corrected chi connectivity index (χ1v) is 33.6. The Morgan fingerprint density at radius 1 is 0.397 bits per heavy atom. The molecule has 9 nitrogen and oxygen atoms in total. The van der Waals surface area contributed by atoms with Gasteiger partial charge in [-0.25, -0.2) is 8.42 Å². The maximum atomic E-state index is 12.2. The van der Waals surface area contributed by atoms with Crippen molar-refractivity contribution < 1.29 is 111 Å². The van der Waals surface area contributed by atoms with Crippen LogP contribution in [0.3, 0.4) is 0 Å². The van der Waals surface area contributed by atoms with Crippen LogP contribution in [-0.2, 0) is 14.9 Å². The molecule has 440 valence electrons. The van der Waals surface area contributed by atoms with Crippen molar-refractivity contribution in [2.45, 2.75) is 199 Å². The van der Waals surface area contributed by atoms with Gasteiger partial charge in [0.25, 0.3) is 0 Å². The molecule has 0 unspecified atom stereocenters. The van der Waals surface area contributed by atoms with Gasteiger partial charge in [0.05, 0.1) is 26.4 Å². The summed E-state index contributed by atoms with van der Waals surface area (Å²) in [6.07, 6.45) is 31.2. The molecule has 4 aromatic carbocycles. The first kappa shape index (κ1) is 70.6. The molecule has 0 saturated carbocycles. The highest BCUT2D eigenvalue weighted by molar-refractivity contribution is 7.86. The van der Waals surface area contributed by atoms with Crippen molar-refractivity contribution in [2.24, 2.45) is 0 Å². The van der Waals surface area contributed by atoms with Gasteiger partial charge in [-0.3, -0.25) is 0 Å². The van der Waals surface area contributed by atoms with Crippen molar-refractivity contribution in [3.63, 3.8) is 0 Å². The molecule has 0 aliphatic rings. The van der Waals surface area contributed by atoms with Crippen LogP contribution in [0.1, 0.15) is 182 Å². The summed E-state index contributed by atoms with van der Waals surface area (Å²) in [5, 5.41) is 2.68. The van der Waals surface area contributed by atoms with E-state index in [9.17, 15) is 49.2 Å². The lowest BCUT2D eigenvalue weighted by Crippen LogP contribution is -3.61. The quantitative estimate of drug-likeness (QED) is 0.0185. The number of hydrogen-bond donors (Lipinski definition) is 0. The standard InChI is InChI=1S/2C28H42IO2.C4H2F6O5S/c2*1-3-5-7-9-11-13-23-30-27-19-15-25(16-20-27)29-26-17-21-28(22-18-26)31-24-14-12-10-8-6-4-2;5-2(6,1(11)12)3(7,8)4(9,10)16(13,14)15/h2*15-22H,3-14,23-24H2,1-2H3;(H,11,12)(H,13,14,15)/q2*+1;/p-2. The van der Waals surface area contributed by atoms with E-state index in [-0.39, 0.29) is 42.4 Å². The fourth-order valence-electron chi connectivity index (χ4n) is 7.38. The molecule has 0 aliphatic carbocycles. The first-order chi connectivity index (χ1) is 37.3. The van der Waals surface area contributed by atoms with Crippen LogP contribution in [-0.4, -0.2) is 62.5 Å². The number of rotatable bonds is 40. The zero-order valence-electron chi connectivity index (χ0n) is 46.1. The molecule has 0 atom stereocenters. The summed E-state index contributed by atoms with van der Waals surface area (Å²) in [4.78, 5) is 9.47. The number of ether oxygens (including phenoxy) is 4. The van der Waals surface area contributed by atoms with E-state index >= 15 is 0 Å². The van der Waals surface area contributed by atoms with Crippen LogP contribution in [0.15, 0.2) is 97.1 Å². The van der Waals surface area contributed by atoms with Crippen LogP contribution in [0, 0.1) is 14.3 Å². The molecule has 18 heteroatoms. The van der Waals surface area contributed by atoms with Gasteiger partial charge in [-0.1, -0.05) is 156 Å². The third-order valence-corrected chi connectivity index (χ3v) is 18.3. The van der Waals surface area contributed by atoms with E-state index in [1.165, 1.54) is 143 Å². The Hall–Kier alpha value is -3.50. The van der Waals surface area contributed by atoms with Gasteiger partial charge in [0, 0.05) is 0 Å². The number of benzene rings is 4. The molecule has 0 bridgehead atoms. The third kappa shape index (κ3) is 28.8. The van der Waals surface area contributed by atoms with Crippen molar-refractivity contribution in [3.8, 4) is 23.0 Å². The largest absolute Gasteiger partial charge is 0.743 e. The molecule has 4 aromatic rings. The number of carboxylic acid groups (broad SMARTS) is 1.